The number of ether oxygens (including phenoxy) is 2. The first kappa shape index (κ1) is 25.3. The van der Waals surface area contributed by atoms with Crippen LogP contribution in [0.1, 0.15) is 30.9 Å². The Hall–Kier alpha value is -1.83. The second-order valence-corrected chi connectivity index (χ2v) is 12.3. The molecule has 1 aliphatic heterocycles. The van der Waals surface area contributed by atoms with E-state index in [0.717, 1.165) is 60.4 Å². The predicted octanol–water partition coefficient (Wildman–Crippen LogP) is 4.02. The van der Waals surface area contributed by atoms with Gasteiger partial charge in [0.1, 0.15) is 5.75 Å². The Morgan fingerprint density at radius 3 is 2.97 bits per heavy atom. The van der Waals surface area contributed by atoms with Crippen molar-refractivity contribution in [3.05, 3.63) is 53.1 Å². The number of nitrogens with zero attached hydrogens (tertiary/aromatic N) is 2. The molecule has 3 atom stereocenters. The van der Waals surface area contributed by atoms with E-state index in [9.17, 15) is 9.90 Å². The molecule has 1 aliphatic rings. The minimum absolute atomic E-state index is 0.137. The zero-order chi connectivity index (χ0) is 23.9. The van der Waals surface area contributed by atoms with Crippen molar-refractivity contribution in [1.29, 1.82) is 0 Å². The van der Waals surface area contributed by atoms with E-state index in [4.69, 9.17) is 9.47 Å². The second kappa shape index (κ2) is 12.2. The van der Waals surface area contributed by atoms with Gasteiger partial charge < -0.3 is 4.74 Å². The molecule has 2 aromatic heterocycles. The molecule has 0 spiro atoms. The number of esters is 1. The van der Waals surface area contributed by atoms with Crippen LogP contribution in [0.15, 0.2) is 51.3 Å². The zero-order valence-electron chi connectivity index (χ0n) is 19.7. The molecule has 8 heteroatoms. The van der Waals surface area contributed by atoms with Crippen LogP contribution in [0.4, 0.5) is 0 Å². The van der Waals surface area contributed by atoms with Crippen molar-refractivity contribution < 1.29 is 19.4 Å². The maximum absolute atomic E-state index is 12.6. The van der Waals surface area contributed by atoms with Gasteiger partial charge in [0.25, 0.3) is 0 Å². The number of aliphatic hydroxyl groups excluding tert-OH is 1. The van der Waals surface area contributed by atoms with E-state index < -0.39 is 6.10 Å². The van der Waals surface area contributed by atoms with Gasteiger partial charge in [0, 0.05) is 11.6 Å². The number of piperidine rings is 1. The topological polar surface area (TPSA) is 71.9 Å². The number of hydrogen-bond donors (Lipinski definition) is 1. The fraction of sp³-hybridized carbons (Fsp3) is 0.462. The fourth-order valence-corrected chi connectivity index (χ4v) is 7.72. The van der Waals surface area contributed by atoms with Crippen LogP contribution in [0.2, 0.25) is 0 Å². The molecule has 0 aliphatic carbocycles. The predicted molar refractivity (Wildman–Crippen MR) is 137 cm³/mol. The number of methoxy groups -OCH3 is 2. The molecular weight excluding hydrogens is 515 g/mol. The van der Waals surface area contributed by atoms with Gasteiger partial charge in [0.2, 0.25) is 0 Å². The van der Waals surface area contributed by atoms with Gasteiger partial charge in [-0.15, -0.1) is 0 Å². The van der Waals surface area contributed by atoms with E-state index in [1.807, 2.05) is 36.0 Å². The number of carbonyl (C=O) groups is 1. The number of hydrogen-bond acceptors (Lipinski definition) is 7. The van der Waals surface area contributed by atoms with Crippen LogP contribution >= 0.6 is 11.8 Å². The number of carbonyl (C=O) groups excluding carboxylic acids is 1. The molecule has 1 aromatic carbocycles. The molecule has 34 heavy (non-hydrogen) atoms. The summed E-state index contributed by atoms with van der Waals surface area (Å²) in [5.74, 6) is 1.71. The quantitative estimate of drug-likeness (QED) is 0.234. The van der Waals surface area contributed by atoms with E-state index in [1.54, 1.807) is 13.3 Å². The van der Waals surface area contributed by atoms with Gasteiger partial charge in [-0.3, -0.25) is 4.98 Å². The molecule has 3 aromatic rings. The molecule has 1 N–H and O–H groups in total. The Morgan fingerprint density at radius 2 is 2.21 bits per heavy atom. The average molecular weight is 548 g/mol. The van der Waals surface area contributed by atoms with Crippen LogP contribution in [0.25, 0.3) is 10.9 Å². The van der Waals surface area contributed by atoms with Crippen molar-refractivity contribution in [2.75, 3.05) is 39.6 Å². The normalized spacial score (nSPS) is 19.7. The third-order valence-corrected chi connectivity index (χ3v) is 10.1. The minimum Gasteiger partial charge on any atom is -0.497 e. The first-order valence-corrected chi connectivity index (χ1v) is 14.5. The summed E-state index contributed by atoms with van der Waals surface area (Å²) in [6.45, 7) is 2.68. The summed E-state index contributed by atoms with van der Waals surface area (Å²) in [5.41, 5.74) is 1.69. The first-order chi connectivity index (χ1) is 16.6. The molecule has 6 nitrogen and oxygen atoms in total. The Kier molecular flexibility index (Phi) is 9.09. The van der Waals surface area contributed by atoms with Crippen LogP contribution in [0.5, 0.6) is 5.75 Å². The number of fused-ring (bicyclic) bond motifs is 1. The SMILES string of the molecule is COC(=O)[C@H]1CN(CCSc2ccc[se]2)CC[C@H]1CCC(O)c1ccnc2ccc(OC)cc12. The summed E-state index contributed by atoms with van der Waals surface area (Å²) >= 11 is 2.43. The van der Waals surface area contributed by atoms with Gasteiger partial charge in [-0.05, 0) is 24.3 Å². The molecule has 1 saturated heterocycles. The molecule has 1 fully saturated rings. The molecular formula is C26H32N2O4SSe. The van der Waals surface area contributed by atoms with Crippen molar-refractivity contribution in [3.63, 3.8) is 0 Å². The third kappa shape index (κ3) is 6.23. The summed E-state index contributed by atoms with van der Waals surface area (Å²) in [6, 6.07) is 11.9. The number of aliphatic hydroxyl groups is 1. The number of thioether (sulfide) groups is 1. The number of likely N-dealkylation sites (tertiary alicyclic amines) is 1. The van der Waals surface area contributed by atoms with Gasteiger partial charge >= 0.3 is 148 Å². The molecule has 0 bridgehead atoms. The van der Waals surface area contributed by atoms with E-state index >= 15 is 0 Å². The zero-order valence-corrected chi connectivity index (χ0v) is 22.2. The van der Waals surface area contributed by atoms with Gasteiger partial charge in [-0.25, -0.2) is 0 Å². The average Bonchev–Trinajstić information content (AvgIpc) is 3.40. The summed E-state index contributed by atoms with van der Waals surface area (Å²) < 4.78 is 12.0. The van der Waals surface area contributed by atoms with Crippen molar-refractivity contribution in [2.24, 2.45) is 11.8 Å². The summed E-state index contributed by atoms with van der Waals surface area (Å²) in [7, 11) is 3.11. The van der Waals surface area contributed by atoms with E-state index in [-0.39, 0.29) is 17.8 Å². The molecule has 3 heterocycles. The standard InChI is InChI=1S/C26H32N2O4SSe/c1-31-19-6-7-23-21(16-19)20(9-11-27-23)24(29)8-5-18-10-12-28(17-22(18)26(30)32-2)13-14-33-25-4-3-15-34-25/h3-4,6-7,9,11,15-16,18,22,24,29H,5,8,10,12-14,17H2,1-2H3/t18-,22+,24?/m1/s1. The number of aromatic nitrogens is 1. The molecule has 4 rings (SSSR count). The summed E-state index contributed by atoms with van der Waals surface area (Å²) in [5, 5.41) is 12.0. The van der Waals surface area contributed by atoms with Crippen molar-refractivity contribution in [2.45, 2.75) is 29.1 Å². The van der Waals surface area contributed by atoms with E-state index in [1.165, 1.54) is 10.9 Å². The molecule has 0 amide bonds. The number of benzene rings is 1. The monoisotopic (exact) mass is 548 g/mol. The summed E-state index contributed by atoms with van der Waals surface area (Å²) in [6.07, 6.45) is 3.42. The Balaban J connectivity index is 1.37. The van der Waals surface area contributed by atoms with Crippen molar-refractivity contribution >= 4 is 43.1 Å². The van der Waals surface area contributed by atoms with Crippen LogP contribution < -0.4 is 4.74 Å². The Labute approximate surface area is 211 Å². The van der Waals surface area contributed by atoms with Gasteiger partial charge in [0.05, 0.1) is 12.6 Å². The Bertz CT molecular complexity index is 1080. The second-order valence-electron chi connectivity index (χ2n) is 8.64. The van der Waals surface area contributed by atoms with Gasteiger partial charge in [-0.2, -0.15) is 0 Å². The fourth-order valence-electron chi connectivity index (χ4n) is 4.75. The van der Waals surface area contributed by atoms with Crippen LogP contribution in [0.3, 0.4) is 0 Å². The van der Waals surface area contributed by atoms with Crippen molar-refractivity contribution in [3.8, 4) is 5.75 Å². The summed E-state index contributed by atoms with van der Waals surface area (Å²) in [4.78, 5) is 21.7. The maximum atomic E-state index is 12.6. The number of rotatable bonds is 10. The molecule has 182 valence electrons. The Morgan fingerprint density at radius 1 is 1.32 bits per heavy atom. The van der Waals surface area contributed by atoms with Crippen LogP contribution in [-0.2, 0) is 9.53 Å². The minimum atomic E-state index is -0.625. The number of pyridine rings is 1. The van der Waals surface area contributed by atoms with Gasteiger partial charge in [-0.1, -0.05) is 0 Å². The van der Waals surface area contributed by atoms with Gasteiger partial charge in [0.15, 0.2) is 0 Å². The van der Waals surface area contributed by atoms with E-state index in [0.29, 0.717) is 20.9 Å². The molecule has 1 unspecified atom stereocenters. The van der Waals surface area contributed by atoms with Crippen molar-refractivity contribution in [1.82, 2.24) is 9.88 Å². The third-order valence-electron chi connectivity index (χ3n) is 6.64. The van der Waals surface area contributed by atoms with E-state index in [2.05, 4.69) is 27.0 Å². The van der Waals surface area contributed by atoms with Crippen LogP contribution in [0, 0.1) is 11.8 Å². The molecule has 0 saturated carbocycles. The van der Waals surface area contributed by atoms with Crippen LogP contribution in [-0.4, -0.2) is 75.1 Å². The molecule has 0 radical (unpaired) electrons. The smallest absolute Gasteiger partial charge is 0.497 e. The first-order valence-electron chi connectivity index (χ1n) is 11.7.